The van der Waals surface area contributed by atoms with Crippen LogP contribution in [-0.2, 0) is 11.2 Å². The molecule has 1 atom stereocenters. The average molecular weight is 246 g/mol. The molecule has 0 bridgehead atoms. The van der Waals surface area contributed by atoms with Gasteiger partial charge >= 0.3 is 0 Å². The molecule has 0 aliphatic carbocycles. The second kappa shape index (κ2) is 5.42. The van der Waals surface area contributed by atoms with Crippen molar-refractivity contribution in [2.45, 2.75) is 39.7 Å². The molecule has 0 radical (unpaired) electrons. The molecule has 1 amide bonds. The van der Waals surface area contributed by atoms with Crippen LogP contribution < -0.4 is 10.2 Å². The van der Waals surface area contributed by atoms with Gasteiger partial charge in [0.25, 0.3) is 0 Å². The summed E-state index contributed by atoms with van der Waals surface area (Å²) in [6, 6.07) is 6.43. The molecule has 1 N–H and O–H groups in total. The molecule has 1 aromatic rings. The second-order valence-corrected chi connectivity index (χ2v) is 5.00. The van der Waals surface area contributed by atoms with Gasteiger partial charge in [0.2, 0.25) is 5.91 Å². The molecule has 1 heterocycles. The molecule has 0 spiro atoms. The van der Waals surface area contributed by atoms with E-state index in [-0.39, 0.29) is 11.9 Å². The van der Waals surface area contributed by atoms with E-state index in [4.69, 9.17) is 0 Å². The summed E-state index contributed by atoms with van der Waals surface area (Å²) in [5.74, 6) is 0.117. The molecule has 0 unspecified atom stereocenters. The predicted octanol–water partition coefficient (Wildman–Crippen LogP) is 2.27. The number of carbonyl (C=O) groups excluding carboxylic acids is 1. The van der Waals surface area contributed by atoms with Crippen LogP contribution in [0.25, 0.3) is 0 Å². The Morgan fingerprint density at radius 2 is 2.28 bits per heavy atom. The van der Waals surface area contributed by atoms with Crippen molar-refractivity contribution in [3.63, 3.8) is 0 Å². The van der Waals surface area contributed by atoms with Crippen LogP contribution in [0.15, 0.2) is 18.2 Å². The third kappa shape index (κ3) is 2.50. The van der Waals surface area contributed by atoms with E-state index in [1.165, 1.54) is 16.8 Å². The largest absolute Gasteiger partial charge is 0.360 e. The summed E-state index contributed by atoms with van der Waals surface area (Å²) in [6.45, 7) is 7.72. The van der Waals surface area contributed by atoms with Crippen LogP contribution in [0.1, 0.15) is 31.4 Å². The maximum absolute atomic E-state index is 12.0. The number of likely N-dealkylation sites (N-methyl/N-ethyl adjacent to an activating group) is 1. The van der Waals surface area contributed by atoms with Gasteiger partial charge in [-0.05, 0) is 45.2 Å². The van der Waals surface area contributed by atoms with Crippen molar-refractivity contribution in [1.29, 1.82) is 0 Å². The summed E-state index contributed by atoms with van der Waals surface area (Å²) in [6.07, 6.45) is 2.25. The van der Waals surface area contributed by atoms with Gasteiger partial charge in [-0.1, -0.05) is 17.7 Å². The van der Waals surface area contributed by atoms with Gasteiger partial charge in [-0.2, -0.15) is 0 Å². The smallest absolute Gasteiger partial charge is 0.242 e. The van der Waals surface area contributed by atoms with Crippen molar-refractivity contribution < 1.29 is 4.79 Å². The highest BCUT2D eigenvalue weighted by atomic mass is 16.2. The zero-order chi connectivity index (χ0) is 13.1. The van der Waals surface area contributed by atoms with Crippen molar-refractivity contribution in [3.8, 4) is 0 Å². The first-order chi connectivity index (χ1) is 8.63. The Morgan fingerprint density at radius 1 is 1.50 bits per heavy atom. The molecule has 98 valence electrons. The lowest BCUT2D eigenvalue weighted by Crippen LogP contribution is -2.47. The number of amides is 1. The quantitative estimate of drug-likeness (QED) is 0.887. The van der Waals surface area contributed by atoms with Crippen molar-refractivity contribution >= 4 is 11.6 Å². The number of hydrogen-bond donors (Lipinski definition) is 1. The molecule has 0 fully saturated rings. The minimum Gasteiger partial charge on any atom is -0.360 e. The number of rotatable bonds is 3. The lowest BCUT2D eigenvalue weighted by Gasteiger charge is -2.35. The van der Waals surface area contributed by atoms with E-state index >= 15 is 0 Å². The molecule has 1 aromatic carbocycles. The van der Waals surface area contributed by atoms with Gasteiger partial charge < -0.3 is 10.2 Å². The van der Waals surface area contributed by atoms with Crippen LogP contribution in [0.2, 0.25) is 0 Å². The zero-order valence-electron chi connectivity index (χ0n) is 11.5. The highest BCUT2D eigenvalue weighted by Gasteiger charge is 2.25. The lowest BCUT2D eigenvalue weighted by molar-refractivity contribution is -0.122. The number of anilines is 1. The average Bonchev–Trinajstić information content (AvgIpc) is 2.37. The summed E-state index contributed by atoms with van der Waals surface area (Å²) in [5.41, 5.74) is 3.89. The van der Waals surface area contributed by atoms with Crippen molar-refractivity contribution in [3.05, 3.63) is 29.3 Å². The maximum atomic E-state index is 12.0. The summed E-state index contributed by atoms with van der Waals surface area (Å²) in [7, 11) is 0. The Balaban J connectivity index is 2.24. The molecule has 18 heavy (non-hydrogen) atoms. The number of aryl methyl sites for hydroxylation is 2. The Labute approximate surface area is 109 Å². The van der Waals surface area contributed by atoms with Crippen LogP contribution in [-0.4, -0.2) is 25.0 Å². The number of nitrogens with one attached hydrogen (secondary N) is 1. The number of fused-ring (bicyclic) bond motifs is 1. The van der Waals surface area contributed by atoms with Crippen LogP contribution >= 0.6 is 0 Å². The first-order valence-corrected chi connectivity index (χ1v) is 6.77. The van der Waals surface area contributed by atoms with Gasteiger partial charge in [0.1, 0.15) is 6.04 Å². The molecule has 2 rings (SSSR count). The zero-order valence-corrected chi connectivity index (χ0v) is 11.5. The normalized spacial score (nSPS) is 16.1. The van der Waals surface area contributed by atoms with Gasteiger partial charge in [0, 0.05) is 18.8 Å². The van der Waals surface area contributed by atoms with E-state index in [1.54, 1.807) is 0 Å². The third-order valence-corrected chi connectivity index (χ3v) is 3.59. The molecular formula is C15H22N2O. The first kappa shape index (κ1) is 12.9. The number of hydrogen-bond acceptors (Lipinski definition) is 2. The number of nitrogens with zero attached hydrogens (tertiary/aromatic N) is 1. The SMILES string of the molecule is CCNC(=O)[C@H](C)N1CCCc2cc(C)ccc21. The van der Waals surface area contributed by atoms with E-state index in [0.717, 1.165) is 19.4 Å². The Hall–Kier alpha value is -1.51. The molecule has 0 saturated heterocycles. The van der Waals surface area contributed by atoms with E-state index in [1.807, 2.05) is 13.8 Å². The van der Waals surface area contributed by atoms with Gasteiger partial charge in [-0.15, -0.1) is 0 Å². The molecule has 3 nitrogen and oxygen atoms in total. The van der Waals surface area contributed by atoms with E-state index in [9.17, 15) is 4.79 Å². The maximum Gasteiger partial charge on any atom is 0.242 e. The predicted molar refractivity (Wildman–Crippen MR) is 75.0 cm³/mol. The fourth-order valence-electron chi connectivity index (χ4n) is 2.62. The Bertz CT molecular complexity index is 442. The first-order valence-electron chi connectivity index (χ1n) is 6.77. The lowest BCUT2D eigenvalue weighted by atomic mass is 9.98. The molecular weight excluding hydrogens is 224 g/mol. The summed E-state index contributed by atoms with van der Waals surface area (Å²) in [4.78, 5) is 14.2. The van der Waals surface area contributed by atoms with E-state index < -0.39 is 0 Å². The summed E-state index contributed by atoms with van der Waals surface area (Å²) >= 11 is 0. The van der Waals surface area contributed by atoms with E-state index in [0.29, 0.717) is 6.54 Å². The van der Waals surface area contributed by atoms with Crippen molar-refractivity contribution in [2.24, 2.45) is 0 Å². The highest BCUT2D eigenvalue weighted by molar-refractivity contribution is 5.85. The molecule has 0 saturated carbocycles. The van der Waals surface area contributed by atoms with Gasteiger partial charge in [0.15, 0.2) is 0 Å². The van der Waals surface area contributed by atoms with Gasteiger partial charge in [-0.25, -0.2) is 0 Å². The minimum atomic E-state index is -0.0910. The highest BCUT2D eigenvalue weighted by Crippen LogP contribution is 2.29. The van der Waals surface area contributed by atoms with Crippen LogP contribution in [0.3, 0.4) is 0 Å². The van der Waals surface area contributed by atoms with Gasteiger partial charge in [-0.3, -0.25) is 4.79 Å². The van der Waals surface area contributed by atoms with Crippen molar-refractivity contribution in [2.75, 3.05) is 18.0 Å². The van der Waals surface area contributed by atoms with Crippen LogP contribution in [0, 0.1) is 6.92 Å². The van der Waals surface area contributed by atoms with Gasteiger partial charge in [0.05, 0.1) is 0 Å². The van der Waals surface area contributed by atoms with Crippen LogP contribution in [0.5, 0.6) is 0 Å². The molecule has 3 heteroatoms. The van der Waals surface area contributed by atoms with E-state index in [2.05, 4.69) is 35.3 Å². The Kier molecular flexibility index (Phi) is 3.90. The number of benzene rings is 1. The molecule has 1 aliphatic heterocycles. The standard InChI is InChI=1S/C15H22N2O/c1-4-16-15(18)12(3)17-9-5-6-13-10-11(2)7-8-14(13)17/h7-8,10,12H,4-6,9H2,1-3H3,(H,16,18)/t12-/m0/s1. The Morgan fingerprint density at radius 3 is 3.00 bits per heavy atom. The topological polar surface area (TPSA) is 32.3 Å². The summed E-state index contributed by atoms with van der Waals surface area (Å²) < 4.78 is 0. The fourth-order valence-corrected chi connectivity index (χ4v) is 2.62. The monoisotopic (exact) mass is 246 g/mol. The van der Waals surface area contributed by atoms with Crippen molar-refractivity contribution in [1.82, 2.24) is 5.32 Å². The minimum absolute atomic E-state index is 0.0910. The fraction of sp³-hybridized carbons (Fsp3) is 0.533. The number of carbonyl (C=O) groups is 1. The third-order valence-electron chi connectivity index (χ3n) is 3.59. The summed E-state index contributed by atoms with van der Waals surface area (Å²) in [5, 5.41) is 2.90. The molecule has 0 aromatic heterocycles. The van der Waals surface area contributed by atoms with Crippen LogP contribution in [0.4, 0.5) is 5.69 Å². The second-order valence-electron chi connectivity index (χ2n) is 5.00. The molecule has 1 aliphatic rings.